The van der Waals surface area contributed by atoms with Crippen LogP contribution in [0.2, 0.25) is 0 Å². The molecule has 2 heterocycles. The van der Waals surface area contributed by atoms with Crippen molar-refractivity contribution in [2.45, 2.75) is 13.0 Å². The summed E-state index contributed by atoms with van der Waals surface area (Å²) in [6.45, 7) is 4.41. The molecule has 0 aliphatic carbocycles. The predicted molar refractivity (Wildman–Crippen MR) is 91.8 cm³/mol. The van der Waals surface area contributed by atoms with E-state index in [1.165, 1.54) is 0 Å². The molecular weight excluding hydrogens is 358 g/mol. The summed E-state index contributed by atoms with van der Waals surface area (Å²) < 4.78 is 6.62. The lowest BCUT2D eigenvalue weighted by Crippen LogP contribution is -2.52. The van der Waals surface area contributed by atoms with Crippen molar-refractivity contribution in [3.05, 3.63) is 52.6 Å². The van der Waals surface area contributed by atoms with Crippen molar-refractivity contribution in [3.63, 3.8) is 0 Å². The van der Waals surface area contributed by atoms with Crippen LogP contribution in [0.15, 0.2) is 47.1 Å². The minimum atomic E-state index is 0.0144. The molecule has 0 bridgehead atoms. The van der Waals surface area contributed by atoms with Gasteiger partial charge in [-0.05, 0) is 31.2 Å². The number of nitrogens with one attached hydrogen (secondary N) is 1. The predicted octanol–water partition coefficient (Wildman–Crippen LogP) is 3.07. The highest BCUT2D eigenvalue weighted by Crippen LogP contribution is 2.23. The fourth-order valence-electron chi connectivity index (χ4n) is 2.53. The lowest BCUT2D eigenvalue weighted by atomic mass is 10.1. The van der Waals surface area contributed by atoms with Crippen molar-refractivity contribution in [3.8, 4) is 11.6 Å². The Hall–Kier alpha value is -1.92. The smallest absolute Gasteiger partial charge is 0.255 e. The third-order valence-electron chi connectivity index (χ3n) is 3.76. The van der Waals surface area contributed by atoms with E-state index in [0.717, 1.165) is 24.1 Å². The number of benzene rings is 1. The van der Waals surface area contributed by atoms with Gasteiger partial charge in [0.15, 0.2) is 0 Å². The molecule has 6 heteroatoms. The Kier molecular flexibility index (Phi) is 4.93. The average Bonchev–Trinajstić information content (AvgIpc) is 2.55. The van der Waals surface area contributed by atoms with Gasteiger partial charge in [-0.25, -0.2) is 4.98 Å². The summed E-state index contributed by atoms with van der Waals surface area (Å²) in [5, 5.41) is 3.28. The van der Waals surface area contributed by atoms with Crippen LogP contribution in [0.25, 0.3) is 0 Å². The van der Waals surface area contributed by atoms with Crippen molar-refractivity contribution in [2.75, 3.05) is 19.6 Å². The Labute approximate surface area is 143 Å². The number of rotatable bonds is 3. The molecule has 0 spiro atoms. The number of ether oxygens (including phenoxy) is 1. The van der Waals surface area contributed by atoms with E-state index in [1.807, 2.05) is 36.1 Å². The molecule has 0 saturated carbocycles. The Morgan fingerprint density at radius 3 is 2.96 bits per heavy atom. The van der Waals surface area contributed by atoms with Gasteiger partial charge < -0.3 is 15.0 Å². The Balaban J connectivity index is 1.70. The minimum absolute atomic E-state index is 0.0144. The minimum Gasteiger partial charge on any atom is -0.439 e. The largest absolute Gasteiger partial charge is 0.439 e. The van der Waals surface area contributed by atoms with Gasteiger partial charge in [0, 0.05) is 42.4 Å². The molecule has 0 radical (unpaired) electrons. The highest BCUT2D eigenvalue weighted by Gasteiger charge is 2.24. The monoisotopic (exact) mass is 375 g/mol. The molecule has 1 saturated heterocycles. The number of amides is 1. The molecule has 1 atom stereocenters. The molecule has 1 aliphatic rings. The van der Waals surface area contributed by atoms with Crippen LogP contribution >= 0.6 is 15.9 Å². The third-order valence-corrected chi connectivity index (χ3v) is 4.26. The second kappa shape index (κ2) is 7.10. The maximum absolute atomic E-state index is 12.5. The van der Waals surface area contributed by atoms with Crippen LogP contribution in [0.4, 0.5) is 0 Å². The number of carbonyl (C=O) groups excluding carboxylic acids is 1. The van der Waals surface area contributed by atoms with Gasteiger partial charge in [-0.15, -0.1) is 0 Å². The van der Waals surface area contributed by atoms with E-state index in [1.54, 1.807) is 18.3 Å². The number of nitrogens with zero attached hydrogens (tertiary/aromatic N) is 2. The van der Waals surface area contributed by atoms with Crippen LogP contribution in [-0.4, -0.2) is 41.5 Å². The number of carbonyl (C=O) groups is 1. The lowest BCUT2D eigenvalue weighted by molar-refractivity contribution is 0.0655. The molecule has 2 aromatic rings. The van der Waals surface area contributed by atoms with E-state index in [0.29, 0.717) is 17.2 Å². The van der Waals surface area contributed by atoms with Crippen LogP contribution in [0.3, 0.4) is 0 Å². The summed E-state index contributed by atoms with van der Waals surface area (Å²) in [5.41, 5.74) is 0.584. The zero-order valence-corrected chi connectivity index (χ0v) is 14.4. The van der Waals surface area contributed by atoms with Crippen molar-refractivity contribution in [1.29, 1.82) is 0 Å². The number of pyridine rings is 1. The first kappa shape index (κ1) is 16.0. The van der Waals surface area contributed by atoms with Crippen LogP contribution in [0.5, 0.6) is 11.6 Å². The van der Waals surface area contributed by atoms with E-state index in [-0.39, 0.29) is 11.9 Å². The van der Waals surface area contributed by atoms with Gasteiger partial charge in [0.2, 0.25) is 5.88 Å². The van der Waals surface area contributed by atoms with Gasteiger partial charge in [0.05, 0.1) is 5.56 Å². The molecule has 5 nitrogen and oxygen atoms in total. The molecule has 1 aliphatic heterocycles. The maximum atomic E-state index is 12.5. The number of aromatic nitrogens is 1. The molecule has 1 N–H and O–H groups in total. The van der Waals surface area contributed by atoms with E-state index >= 15 is 0 Å². The standard InChI is InChI=1S/C17H18BrN3O2/c1-12-10-19-7-8-21(12)17(22)13-5-6-16(20-11-13)23-15-4-2-3-14(18)9-15/h2-6,9,11-12,19H,7-8,10H2,1H3/t12-/m0/s1. The van der Waals surface area contributed by atoms with Crippen LogP contribution in [0.1, 0.15) is 17.3 Å². The normalized spacial score (nSPS) is 17.8. The zero-order valence-electron chi connectivity index (χ0n) is 12.8. The van der Waals surface area contributed by atoms with E-state index < -0.39 is 0 Å². The Morgan fingerprint density at radius 1 is 1.39 bits per heavy atom. The van der Waals surface area contributed by atoms with E-state index in [2.05, 4.69) is 26.2 Å². The van der Waals surface area contributed by atoms with Crippen molar-refractivity contribution in [1.82, 2.24) is 15.2 Å². The summed E-state index contributed by atoms with van der Waals surface area (Å²) in [7, 11) is 0. The molecule has 1 aromatic heterocycles. The van der Waals surface area contributed by atoms with Gasteiger partial charge in [-0.1, -0.05) is 22.0 Å². The first-order valence-corrected chi connectivity index (χ1v) is 8.34. The summed E-state index contributed by atoms with van der Waals surface area (Å²) >= 11 is 3.40. The van der Waals surface area contributed by atoms with Crippen LogP contribution < -0.4 is 10.1 Å². The quantitative estimate of drug-likeness (QED) is 0.895. The molecule has 120 valence electrons. The van der Waals surface area contributed by atoms with Crippen molar-refractivity contribution >= 4 is 21.8 Å². The van der Waals surface area contributed by atoms with E-state index in [4.69, 9.17) is 4.74 Å². The summed E-state index contributed by atoms with van der Waals surface area (Å²) in [4.78, 5) is 18.7. The first-order chi connectivity index (χ1) is 11.1. The molecule has 1 aromatic carbocycles. The molecule has 3 rings (SSSR count). The van der Waals surface area contributed by atoms with Gasteiger partial charge in [0.25, 0.3) is 5.91 Å². The number of halogens is 1. The second-order valence-corrected chi connectivity index (χ2v) is 6.41. The van der Waals surface area contributed by atoms with Crippen molar-refractivity contribution in [2.24, 2.45) is 0 Å². The Morgan fingerprint density at radius 2 is 2.26 bits per heavy atom. The lowest BCUT2D eigenvalue weighted by Gasteiger charge is -2.33. The summed E-state index contributed by atoms with van der Waals surface area (Å²) in [6.07, 6.45) is 1.57. The SMILES string of the molecule is C[C@H]1CNCCN1C(=O)c1ccc(Oc2cccc(Br)c2)nc1. The topological polar surface area (TPSA) is 54.5 Å². The average molecular weight is 376 g/mol. The fourth-order valence-corrected chi connectivity index (χ4v) is 2.91. The van der Waals surface area contributed by atoms with Gasteiger partial charge in [0.1, 0.15) is 5.75 Å². The number of hydrogen-bond acceptors (Lipinski definition) is 4. The highest BCUT2D eigenvalue weighted by atomic mass is 79.9. The summed E-state index contributed by atoms with van der Waals surface area (Å²) in [6, 6.07) is 11.2. The Bertz CT molecular complexity index is 690. The van der Waals surface area contributed by atoms with Gasteiger partial charge >= 0.3 is 0 Å². The second-order valence-electron chi connectivity index (χ2n) is 5.50. The summed E-state index contributed by atoms with van der Waals surface area (Å²) in [5.74, 6) is 1.18. The number of hydrogen-bond donors (Lipinski definition) is 1. The van der Waals surface area contributed by atoms with Crippen LogP contribution in [0, 0.1) is 0 Å². The molecule has 1 fully saturated rings. The third kappa shape index (κ3) is 3.89. The highest BCUT2D eigenvalue weighted by molar-refractivity contribution is 9.10. The number of piperazine rings is 1. The fraction of sp³-hybridized carbons (Fsp3) is 0.294. The van der Waals surface area contributed by atoms with Crippen molar-refractivity contribution < 1.29 is 9.53 Å². The molecule has 1 amide bonds. The van der Waals surface area contributed by atoms with Gasteiger partial charge in [-0.2, -0.15) is 0 Å². The van der Waals surface area contributed by atoms with Crippen LogP contribution in [-0.2, 0) is 0 Å². The van der Waals surface area contributed by atoms with E-state index in [9.17, 15) is 4.79 Å². The molecule has 0 unspecified atom stereocenters. The van der Waals surface area contributed by atoms with Gasteiger partial charge in [-0.3, -0.25) is 4.79 Å². The zero-order chi connectivity index (χ0) is 16.2. The first-order valence-electron chi connectivity index (χ1n) is 7.54. The molecular formula is C17H18BrN3O2. The maximum Gasteiger partial charge on any atom is 0.255 e. The molecule has 23 heavy (non-hydrogen) atoms.